The molecule has 2 saturated carbocycles. The van der Waals surface area contributed by atoms with Crippen LogP contribution in [0.15, 0.2) is 0 Å². The lowest BCUT2D eigenvalue weighted by Crippen LogP contribution is -2.63. The van der Waals surface area contributed by atoms with Crippen molar-refractivity contribution in [1.82, 2.24) is 5.32 Å². The fourth-order valence-electron chi connectivity index (χ4n) is 3.48. The van der Waals surface area contributed by atoms with Gasteiger partial charge in [-0.2, -0.15) is 0 Å². The van der Waals surface area contributed by atoms with Gasteiger partial charge in [-0.15, -0.1) is 0 Å². The summed E-state index contributed by atoms with van der Waals surface area (Å²) in [6, 6.07) is 0.518. The van der Waals surface area contributed by atoms with E-state index >= 15 is 0 Å². The van der Waals surface area contributed by atoms with Crippen LogP contribution < -0.4 is 5.32 Å². The second kappa shape index (κ2) is 5.38. The molecule has 3 nitrogen and oxygen atoms in total. The Morgan fingerprint density at radius 1 is 1.18 bits per heavy atom. The Kier molecular flexibility index (Phi) is 4.08. The number of carbonyl (C=O) groups is 1. The minimum absolute atomic E-state index is 0.0557. The predicted molar refractivity (Wildman–Crippen MR) is 67.8 cm³/mol. The van der Waals surface area contributed by atoms with Crippen LogP contribution in [0.5, 0.6) is 0 Å². The van der Waals surface area contributed by atoms with Crippen LogP contribution >= 0.6 is 0 Å². The fraction of sp³-hybridized carbons (Fsp3) is 0.929. The highest BCUT2D eigenvalue weighted by atomic mass is 16.5. The lowest BCUT2D eigenvalue weighted by molar-refractivity contribution is -0.155. The zero-order valence-corrected chi connectivity index (χ0v) is 11.1. The first-order chi connectivity index (χ1) is 8.16. The average Bonchev–Trinajstić information content (AvgIpc) is 2.54. The molecule has 0 aromatic rings. The van der Waals surface area contributed by atoms with Crippen molar-refractivity contribution in [1.29, 1.82) is 0 Å². The van der Waals surface area contributed by atoms with Gasteiger partial charge in [-0.25, -0.2) is 0 Å². The van der Waals surface area contributed by atoms with Crippen LogP contribution in [-0.2, 0) is 9.53 Å². The molecule has 0 heterocycles. The molecule has 0 radical (unpaired) electrons. The zero-order valence-electron chi connectivity index (χ0n) is 11.1. The van der Waals surface area contributed by atoms with Crippen molar-refractivity contribution in [2.75, 3.05) is 7.11 Å². The molecule has 0 aromatic carbocycles. The first-order valence-corrected chi connectivity index (χ1v) is 7.02. The van der Waals surface area contributed by atoms with Crippen molar-refractivity contribution < 1.29 is 9.53 Å². The third-order valence-electron chi connectivity index (χ3n) is 4.31. The molecule has 0 amide bonds. The summed E-state index contributed by atoms with van der Waals surface area (Å²) >= 11 is 0. The monoisotopic (exact) mass is 239 g/mol. The molecule has 2 fully saturated rings. The Labute approximate surface area is 104 Å². The first-order valence-electron chi connectivity index (χ1n) is 7.02. The summed E-state index contributed by atoms with van der Waals surface area (Å²) in [6.45, 7) is 2.20. The summed E-state index contributed by atoms with van der Waals surface area (Å²) in [5, 5.41) is 3.62. The first kappa shape index (κ1) is 12.9. The number of ether oxygens (including phenoxy) is 1. The topological polar surface area (TPSA) is 38.3 Å². The Bertz CT molecular complexity index is 263. The van der Waals surface area contributed by atoms with Gasteiger partial charge in [-0.1, -0.05) is 32.6 Å². The number of hydrogen-bond acceptors (Lipinski definition) is 3. The van der Waals surface area contributed by atoms with E-state index in [0.29, 0.717) is 12.0 Å². The standard InChI is InChI=1S/C14H25NO2/c1-11-9-14(10-11,13(16)17-2)15-12-7-5-3-4-6-8-12/h11-12,15H,3-10H2,1-2H3. The molecule has 2 rings (SSSR count). The minimum atomic E-state index is -0.358. The molecule has 0 saturated heterocycles. The number of esters is 1. The van der Waals surface area contributed by atoms with Crippen LogP contribution in [0, 0.1) is 5.92 Å². The van der Waals surface area contributed by atoms with Crippen molar-refractivity contribution in [3.05, 3.63) is 0 Å². The molecule has 0 bridgehead atoms. The van der Waals surface area contributed by atoms with Crippen LogP contribution in [0.3, 0.4) is 0 Å². The summed E-state index contributed by atoms with van der Waals surface area (Å²) in [5.74, 6) is 0.590. The minimum Gasteiger partial charge on any atom is -0.468 e. The van der Waals surface area contributed by atoms with Crippen molar-refractivity contribution in [3.8, 4) is 0 Å². The van der Waals surface area contributed by atoms with Gasteiger partial charge in [0.2, 0.25) is 0 Å². The SMILES string of the molecule is COC(=O)C1(NC2CCCCCC2)CC(C)C1. The summed E-state index contributed by atoms with van der Waals surface area (Å²) < 4.78 is 4.98. The molecule has 2 aliphatic rings. The quantitative estimate of drug-likeness (QED) is 0.608. The third kappa shape index (κ3) is 2.82. The van der Waals surface area contributed by atoms with Gasteiger partial charge in [0.05, 0.1) is 7.11 Å². The Morgan fingerprint density at radius 2 is 1.76 bits per heavy atom. The van der Waals surface area contributed by atoms with E-state index in [4.69, 9.17) is 4.74 Å². The van der Waals surface area contributed by atoms with Crippen LogP contribution in [0.25, 0.3) is 0 Å². The van der Waals surface area contributed by atoms with Gasteiger partial charge in [0.15, 0.2) is 0 Å². The van der Waals surface area contributed by atoms with Gasteiger partial charge in [-0.05, 0) is 31.6 Å². The van der Waals surface area contributed by atoms with E-state index in [2.05, 4.69) is 12.2 Å². The highest BCUT2D eigenvalue weighted by molar-refractivity contribution is 5.82. The molecule has 0 aliphatic heterocycles. The number of carbonyl (C=O) groups excluding carboxylic acids is 1. The second-order valence-electron chi connectivity index (χ2n) is 5.92. The average molecular weight is 239 g/mol. The maximum atomic E-state index is 11.9. The van der Waals surface area contributed by atoms with E-state index < -0.39 is 0 Å². The van der Waals surface area contributed by atoms with E-state index in [1.54, 1.807) is 0 Å². The summed E-state index contributed by atoms with van der Waals surface area (Å²) in [7, 11) is 1.50. The predicted octanol–water partition coefficient (Wildman–Crippen LogP) is 2.64. The summed E-state index contributed by atoms with van der Waals surface area (Å²) in [6.07, 6.45) is 9.60. The third-order valence-corrected chi connectivity index (χ3v) is 4.31. The highest BCUT2D eigenvalue weighted by Gasteiger charge is 2.50. The van der Waals surface area contributed by atoms with Crippen molar-refractivity contribution in [3.63, 3.8) is 0 Å². The highest BCUT2D eigenvalue weighted by Crippen LogP contribution is 2.39. The van der Waals surface area contributed by atoms with E-state index in [1.165, 1.54) is 45.6 Å². The van der Waals surface area contributed by atoms with Gasteiger partial charge < -0.3 is 4.74 Å². The summed E-state index contributed by atoms with van der Waals surface area (Å²) in [5.41, 5.74) is -0.358. The smallest absolute Gasteiger partial charge is 0.326 e. The number of rotatable bonds is 3. The lowest BCUT2D eigenvalue weighted by Gasteiger charge is -2.46. The molecule has 2 aliphatic carbocycles. The van der Waals surface area contributed by atoms with Gasteiger partial charge in [0.1, 0.15) is 5.54 Å². The fourth-order valence-corrected chi connectivity index (χ4v) is 3.48. The molecule has 0 atom stereocenters. The number of hydrogen-bond donors (Lipinski definition) is 1. The second-order valence-corrected chi connectivity index (χ2v) is 5.92. The molecule has 0 aromatic heterocycles. The zero-order chi connectivity index (χ0) is 12.3. The summed E-state index contributed by atoms with van der Waals surface area (Å²) in [4.78, 5) is 11.9. The largest absolute Gasteiger partial charge is 0.468 e. The van der Waals surface area contributed by atoms with E-state index in [1.807, 2.05) is 0 Å². The maximum absolute atomic E-state index is 11.9. The van der Waals surface area contributed by atoms with E-state index in [-0.39, 0.29) is 11.5 Å². The molecule has 0 spiro atoms. The number of methoxy groups -OCH3 is 1. The molecule has 17 heavy (non-hydrogen) atoms. The van der Waals surface area contributed by atoms with Crippen LogP contribution in [-0.4, -0.2) is 24.7 Å². The number of nitrogens with one attached hydrogen (secondary N) is 1. The Hall–Kier alpha value is -0.570. The van der Waals surface area contributed by atoms with Crippen LogP contribution in [0.1, 0.15) is 58.3 Å². The molecule has 0 unspecified atom stereocenters. The van der Waals surface area contributed by atoms with Crippen molar-refractivity contribution in [2.24, 2.45) is 5.92 Å². The lowest BCUT2D eigenvalue weighted by atomic mass is 9.68. The Balaban J connectivity index is 1.95. The molecule has 98 valence electrons. The van der Waals surface area contributed by atoms with Gasteiger partial charge in [-0.3, -0.25) is 10.1 Å². The van der Waals surface area contributed by atoms with Crippen molar-refractivity contribution in [2.45, 2.75) is 69.9 Å². The molecule has 3 heteroatoms. The molecule has 1 N–H and O–H groups in total. The van der Waals surface area contributed by atoms with Gasteiger partial charge in [0, 0.05) is 6.04 Å². The van der Waals surface area contributed by atoms with Gasteiger partial charge in [0.25, 0.3) is 0 Å². The van der Waals surface area contributed by atoms with Crippen LogP contribution in [0.2, 0.25) is 0 Å². The maximum Gasteiger partial charge on any atom is 0.326 e. The van der Waals surface area contributed by atoms with Crippen LogP contribution in [0.4, 0.5) is 0 Å². The molecular formula is C14H25NO2. The van der Waals surface area contributed by atoms with E-state index in [0.717, 1.165) is 12.8 Å². The van der Waals surface area contributed by atoms with Gasteiger partial charge >= 0.3 is 5.97 Å². The molecular weight excluding hydrogens is 214 g/mol. The normalized spacial score (nSPS) is 34.8. The van der Waals surface area contributed by atoms with Crippen molar-refractivity contribution >= 4 is 5.97 Å². The van der Waals surface area contributed by atoms with E-state index in [9.17, 15) is 4.79 Å². The Morgan fingerprint density at radius 3 is 2.24 bits per heavy atom.